The summed E-state index contributed by atoms with van der Waals surface area (Å²) in [4.78, 5) is 26.1. The molecule has 0 spiro atoms. The second-order valence-corrected chi connectivity index (χ2v) is 9.73. The van der Waals surface area contributed by atoms with E-state index in [4.69, 9.17) is 5.11 Å². The van der Waals surface area contributed by atoms with Gasteiger partial charge in [0.15, 0.2) is 0 Å². The average molecular weight is 426 g/mol. The monoisotopic (exact) mass is 425 g/mol. The normalized spacial score (nSPS) is 19.4. The van der Waals surface area contributed by atoms with Gasteiger partial charge in [-0.05, 0) is 49.5 Å². The second-order valence-electron chi connectivity index (χ2n) is 7.25. The van der Waals surface area contributed by atoms with Crippen LogP contribution in [0.15, 0.2) is 35.2 Å². The Hall–Kier alpha value is -1.18. The van der Waals surface area contributed by atoms with Gasteiger partial charge in [-0.3, -0.25) is 9.59 Å². The van der Waals surface area contributed by atoms with E-state index < -0.39 is 11.4 Å². The number of carbonyl (C=O) groups is 2. The van der Waals surface area contributed by atoms with Gasteiger partial charge in [0.2, 0.25) is 5.91 Å². The molecule has 0 aliphatic carbocycles. The van der Waals surface area contributed by atoms with Crippen molar-refractivity contribution < 1.29 is 19.8 Å². The Labute approximate surface area is 176 Å². The summed E-state index contributed by atoms with van der Waals surface area (Å²) in [6.07, 6.45) is 4.23. The highest BCUT2D eigenvalue weighted by atomic mass is 32.2. The molecular weight excluding hydrogens is 394 g/mol. The van der Waals surface area contributed by atoms with Crippen LogP contribution in [0.1, 0.15) is 45.4 Å². The number of aliphatic hydroxyl groups is 1. The van der Waals surface area contributed by atoms with Crippen LogP contribution in [0.2, 0.25) is 0 Å². The fourth-order valence-corrected chi connectivity index (χ4v) is 5.49. The highest BCUT2D eigenvalue weighted by Crippen LogP contribution is 2.31. The quantitative estimate of drug-likeness (QED) is 0.298. The molecule has 0 bridgehead atoms. The summed E-state index contributed by atoms with van der Waals surface area (Å²) in [6, 6.07) is 10.1. The maximum absolute atomic E-state index is 12.5. The Morgan fingerprint density at radius 3 is 2.75 bits per heavy atom. The first-order valence-electron chi connectivity index (χ1n) is 9.96. The van der Waals surface area contributed by atoms with Crippen molar-refractivity contribution in [3.05, 3.63) is 30.3 Å². The summed E-state index contributed by atoms with van der Waals surface area (Å²) >= 11 is 3.10. The molecule has 3 atom stereocenters. The number of aliphatic carboxylic acids is 1. The van der Waals surface area contributed by atoms with E-state index in [-0.39, 0.29) is 24.3 Å². The maximum atomic E-state index is 12.5. The minimum atomic E-state index is -0.764. The van der Waals surface area contributed by atoms with E-state index in [9.17, 15) is 14.7 Å². The third-order valence-corrected chi connectivity index (χ3v) is 7.08. The van der Waals surface area contributed by atoms with E-state index in [1.165, 1.54) is 11.8 Å². The van der Waals surface area contributed by atoms with Crippen molar-refractivity contribution in [2.24, 2.45) is 5.92 Å². The lowest BCUT2D eigenvalue weighted by Crippen LogP contribution is -2.47. The van der Waals surface area contributed by atoms with Gasteiger partial charge in [0.05, 0.1) is 6.42 Å². The molecule has 2 rings (SSSR count). The molecule has 0 radical (unpaired) electrons. The lowest BCUT2D eigenvalue weighted by atomic mass is 9.89. The molecule has 1 aliphatic heterocycles. The molecule has 1 amide bonds. The number of hydrogen-bond donors (Lipinski definition) is 2. The number of carboxylic acid groups (broad SMARTS) is 1. The van der Waals surface area contributed by atoms with Crippen LogP contribution in [0.25, 0.3) is 0 Å². The number of nitrogens with zero attached hydrogens (tertiary/aromatic N) is 1. The first-order valence-corrected chi connectivity index (χ1v) is 12.0. The number of amides is 1. The summed E-state index contributed by atoms with van der Waals surface area (Å²) in [5.41, 5.74) is -0.483. The van der Waals surface area contributed by atoms with Crippen molar-refractivity contribution in [3.63, 3.8) is 0 Å². The van der Waals surface area contributed by atoms with Gasteiger partial charge in [0.25, 0.3) is 0 Å². The van der Waals surface area contributed by atoms with Crippen LogP contribution in [0.5, 0.6) is 0 Å². The fourth-order valence-electron chi connectivity index (χ4n) is 3.61. The first kappa shape index (κ1) is 23.1. The minimum absolute atomic E-state index is 0.177. The Morgan fingerprint density at radius 2 is 2.04 bits per heavy atom. The number of thioether (sulfide) groups is 2. The van der Waals surface area contributed by atoms with Gasteiger partial charge in [-0.2, -0.15) is 11.8 Å². The molecule has 1 aromatic carbocycles. The molecule has 0 aromatic heterocycles. The molecule has 1 heterocycles. The highest BCUT2D eigenvalue weighted by molar-refractivity contribution is 7.99. The Balaban J connectivity index is 1.80. The molecular formula is C21H31NO4S2. The number of piperidine rings is 1. The van der Waals surface area contributed by atoms with E-state index in [1.807, 2.05) is 35.2 Å². The first-order chi connectivity index (χ1) is 13.5. The molecule has 5 nitrogen and oxygen atoms in total. The van der Waals surface area contributed by atoms with Crippen LogP contribution in [-0.2, 0) is 9.59 Å². The zero-order valence-corrected chi connectivity index (χ0v) is 18.1. The van der Waals surface area contributed by atoms with E-state index in [0.29, 0.717) is 18.6 Å². The molecule has 0 saturated carbocycles. The van der Waals surface area contributed by atoms with Gasteiger partial charge in [-0.25, -0.2) is 0 Å². The summed E-state index contributed by atoms with van der Waals surface area (Å²) in [6.45, 7) is 2.85. The van der Waals surface area contributed by atoms with Crippen LogP contribution in [0, 0.1) is 5.92 Å². The maximum Gasteiger partial charge on any atom is 0.304 e. The second kappa shape index (κ2) is 12.4. The van der Waals surface area contributed by atoms with Crippen LogP contribution in [0.3, 0.4) is 0 Å². The molecule has 7 heteroatoms. The molecule has 2 N–H and O–H groups in total. The van der Waals surface area contributed by atoms with Crippen LogP contribution in [-0.4, -0.2) is 56.5 Å². The third-order valence-electron chi connectivity index (χ3n) is 5.00. The number of likely N-dealkylation sites (tertiary alicyclic amines) is 1. The standard InChI is InChI=1S/C21H31NO4S2/c1-16(15-21(26)28-17-7-3-2-4-8-17)18-9-5-10-19(23)22(18)12-6-13-27-14-11-20(24)25/h2-4,7-8,16,18,21,26H,5-6,9-15H2,1H3,(H,24,25)/t16-,18+,21?/m0/s1. The van der Waals surface area contributed by atoms with Crippen molar-refractivity contribution in [2.45, 2.75) is 61.8 Å². The minimum Gasteiger partial charge on any atom is -0.481 e. The topological polar surface area (TPSA) is 77.8 Å². The van der Waals surface area contributed by atoms with Crippen molar-refractivity contribution in [1.82, 2.24) is 4.90 Å². The van der Waals surface area contributed by atoms with Gasteiger partial charge in [-0.15, -0.1) is 0 Å². The molecule has 1 saturated heterocycles. The lowest BCUT2D eigenvalue weighted by molar-refractivity contribution is -0.138. The Morgan fingerprint density at radius 1 is 1.29 bits per heavy atom. The fraction of sp³-hybridized carbons (Fsp3) is 0.619. The molecule has 156 valence electrons. The van der Waals surface area contributed by atoms with Crippen molar-refractivity contribution in [1.29, 1.82) is 0 Å². The number of carbonyl (C=O) groups excluding carboxylic acids is 1. The van der Waals surface area contributed by atoms with Crippen LogP contribution in [0.4, 0.5) is 0 Å². The van der Waals surface area contributed by atoms with E-state index in [1.54, 1.807) is 11.8 Å². The van der Waals surface area contributed by atoms with Gasteiger partial charge in [0, 0.05) is 29.7 Å². The Bertz CT molecular complexity index is 614. The van der Waals surface area contributed by atoms with Gasteiger partial charge in [0.1, 0.15) is 5.44 Å². The molecule has 1 aromatic rings. The largest absolute Gasteiger partial charge is 0.481 e. The summed E-state index contributed by atoms with van der Waals surface area (Å²) in [5.74, 6) is 1.16. The highest BCUT2D eigenvalue weighted by Gasteiger charge is 2.32. The summed E-state index contributed by atoms with van der Waals surface area (Å²) in [5, 5.41) is 19.2. The van der Waals surface area contributed by atoms with Gasteiger partial charge < -0.3 is 15.1 Å². The van der Waals surface area contributed by atoms with Gasteiger partial charge in [-0.1, -0.05) is 36.9 Å². The van der Waals surface area contributed by atoms with Gasteiger partial charge >= 0.3 is 5.97 Å². The van der Waals surface area contributed by atoms with Crippen LogP contribution >= 0.6 is 23.5 Å². The van der Waals surface area contributed by atoms with Crippen molar-refractivity contribution >= 4 is 35.4 Å². The number of carboxylic acids is 1. The predicted octanol–water partition coefficient (Wildman–Crippen LogP) is 4.10. The molecule has 28 heavy (non-hydrogen) atoms. The van der Waals surface area contributed by atoms with Crippen molar-refractivity contribution in [2.75, 3.05) is 18.1 Å². The summed E-state index contributed by atoms with van der Waals surface area (Å²) < 4.78 is 0. The predicted molar refractivity (Wildman–Crippen MR) is 116 cm³/mol. The SMILES string of the molecule is C[C@@H](CC(O)Sc1ccccc1)[C@H]1CCCC(=O)N1CCCSCCC(=O)O. The molecule has 1 unspecified atom stereocenters. The number of rotatable bonds is 12. The molecule has 1 aliphatic rings. The third kappa shape index (κ3) is 8.05. The number of aliphatic hydroxyl groups excluding tert-OH is 1. The Kier molecular flexibility index (Phi) is 10.2. The number of hydrogen-bond acceptors (Lipinski definition) is 5. The van der Waals surface area contributed by atoms with E-state index in [0.717, 1.165) is 36.5 Å². The van der Waals surface area contributed by atoms with E-state index in [2.05, 4.69) is 6.92 Å². The zero-order valence-electron chi connectivity index (χ0n) is 16.5. The molecule has 1 fully saturated rings. The number of benzene rings is 1. The smallest absolute Gasteiger partial charge is 0.304 e. The van der Waals surface area contributed by atoms with Crippen molar-refractivity contribution in [3.8, 4) is 0 Å². The summed E-state index contributed by atoms with van der Waals surface area (Å²) in [7, 11) is 0. The van der Waals surface area contributed by atoms with E-state index >= 15 is 0 Å². The van der Waals surface area contributed by atoms with Crippen LogP contribution < -0.4 is 0 Å². The average Bonchev–Trinajstić information content (AvgIpc) is 2.65. The zero-order chi connectivity index (χ0) is 20.4. The lowest BCUT2D eigenvalue weighted by Gasteiger charge is -2.40.